The van der Waals surface area contributed by atoms with E-state index in [2.05, 4.69) is 4.98 Å². The van der Waals surface area contributed by atoms with E-state index in [9.17, 15) is 9.59 Å². The van der Waals surface area contributed by atoms with Crippen LogP contribution >= 0.6 is 11.6 Å². The van der Waals surface area contributed by atoms with E-state index in [1.807, 2.05) is 51.1 Å². The molecule has 4 nitrogen and oxygen atoms in total. The standard InChI is InChI=1S/C22H19ClN2O2/c1-4-13-9-10-17(23)15(5-2)20(13)25-21(26)16-11-14-8-6-7-12(3)18(14)24-19(16)22(25)27/h6-11H,4-5H2,1-3H3. The zero-order valence-corrected chi connectivity index (χ0v) is 16.2. The number of para-hydroxylation sites is 1. The summed E-state index contributed by atoms with van der Waals surface area (Å²) >= 11 is 6.38. The summed E-state index contributed by atoms with van der Waals surface area (Å²) in [6, 6.07) is 11.3. The zero-order valence-electron chi connectivity index (χ0n) is 15.5. The van der Waals surface area contributed by atoms with Crippen LogP contribution in [0.25, 0.3) is 10.9 Å². The fraction of sp³-hybridized carbons (Fsp3) is 0.227. The molecule has 4 rings (SSSR count). The molecule has 0 fully saturated rings. The van der Waals surface area contributed by atoms with Crippen molar-refractivity contribution in [2.24, 2.45) is 0 Å². The first-order valence-electron chi connectivity index (χ1n) is 9.07. The number of aryl methyl sites for hydroxylation is 2. The highest BCUT2D eigenvalue weighted by molar-refractivity contribution is 6.36. The summed E-state index contributed by atoms with van der Waals surface area (Å²) in [5.41, 5.74) is 4.63. The van der Waals surface area contributed by atoms with Gasteiger partial charge in [0.2, 0.25) is 0 Å². The summed E-state index contributed by atoms with van der Waals surface area (Å²) in [4.78, 5) is 32.2. The first kappa shape index (κ1) is 17.7. The van der Waals surface area contributed by atoms with E-state index in [4.69, 9.17) is 11.6 Å². The Hall–Kier alpha value is -2.72. The van der Waals surface area contributed by atoms with Crippen LogP contribution in [0.5, 0.6) is 0 Å². The minimum Gasteiger partial charge on any atom is -0.268 e. The third-order valence-electron chi connectivity index (χ3n) is 5.15. The smallest absolute Gasteiger partial charge is 0.268 e. The van der Waals surface area contributed by atoms with E-state index in [0.717, 1.165) is 27.6 Å². The van der Waals surface area contributed by atoms with E-state index >= 15 is 0 Å². The Kier molecular flexibility index (Phi) is 4.23. The van der Waals surface area contributed by atoms with Crippen LogP contribution < -0.4 is 4.90 Å². The van der Waals surface area contributed by atoms with Crippen LogP contribution in [0.3, 0.4) is 0 Å². The predicted octanol–water partition coefficient (Wildman–Crippen LogP) is 5.12. The number of anilines is 1. The molecule has 0 spiro atoms. The van der Waals surface area contributed by atoms with Crippen LogP contribution in [-0.4, -0.2) is 16.8 Å². The molecule has 3 aromatic rings. The number of aromatic nitrogens is 1. The summed E-state index contributed by atoms with van der Waals surface area (Å²) in [5, 5.41) is 1.42. The van der Waals surface area contributed by atoms with Crippen molar-refractivity contribution in [1.82, 2.24) is 4.98 Å². The van der Waals surface area contributed by atoms with Crippen LogP contribution in [0.15, 0.2) is 36.4 Å². The lowest BCUT2D eigenvalue weighted by molar-refractivity contribution is 0.0924. The summed E-state index contributed by atoms with van der Waals surface area (Å²) in [6.07, 6.45) is 1.32. The van der Waals surface area contributed by atoms with Gasteiger partial charge in [-0.2, -0.15) is 0 Å². The van der Waals surface area contributed by atoms with Crippen molar-refractivity contribution in [3.05, 3.63) is 69.4 Å². The highest BCUT2D eigenvalue weighted by Gasteiger charge is 2.40. The number of nitrogens with zero attached hydrogens (tertiary/aromatic N) is 2. The van der Waals surface area contributed by atoms with Gasteiger partial charge in [-0.25, -0.2) is 9.88 Å². The molecule has 1 aromatic heterocycles. The first-order valence-corrected chi connectivity index (χ1v) is 9.45. The SMILES string of the molecule is CCc1ccc(Cl)c(CC)c1N1C(=O)c2cc3cccc(C)c3nc2C1=O. The minimum atomic E-state index is -0.383. The summed E-state index contributed by atoms with van der Waals surface area (Å²) in [7, 11) is 0. The topological polar surface area (TPSA) is 50.3 Å². The molecule has 27 heavy (non-hydrogen) atoms. The maximum Gasteiger partial charge on any atom is 0.284 e. The molecule has 0 radical (unpaired) electrons. The Morgan fingerprint density at radius 1 is 1.04 bits per heavy atom. The van der Waals surface area contributed by atoms with Gasteiger partial charge in [-0.3, -0.25) is 9.59 Å². The Labute approximate surface area is 162 Å². The molecular weight excluding hydrogens is 360 g/mol. The molecule has 0 aliphatic carbocycles. The van der Waals surface area contributed by atoms with Crippen LogP contribution in [0.4, 0.5) is 5.69 Å². The molecule has 1 aliphatic heterocycles. The molecule has 5 heteroatoms. The molecule has 0 saturated heterocycles. The van der Waals surface area contributed by atoms with Gasteiger partial charge in [0, 0.05) is 10.4 Å². The largest absolute Gasteiger partial charge is 0.284 e. The third kappa shape index (κ3) is 2.55. The highest BCUT2D eigenvalue weighted by Crippen LogP contribution is 2.37. The normalized spacial score (nSPS) is 13.6. The average Bonchev–Trinajstić information content (AvgIpc) is 2.90. The molecule has 0 atom stereocenters. The van der Waals surface area contributed by atoms with Crippen molar-refractivity contribution in [2.75, 3.05) is 4.90 Å². The van der Waals surface area contributed by atoms with Crippen LogP contribution in [0, 0.1) is 6.92 Å². The lowest BCUT2D eigenvalue weighted by atomic mass is 10.0. The maximum atomic E-state index is 13.2. The third-order valence-corrected chi connectivity index (χ3v) is 5.51. The molecule has 2 aromatic carbocycles. The molecule has 1 aliphatic rings. The van der Waals surface area contributed by atoms with Crippen molar-refractivity contribution in [3.63, 3.8) is 0 Å². The number of carbonyl (C=O) groups excluding carboxylic acids is 2. The van der Waals surface area contributed by atoms with Gasteiger partial charge in [0.1, 0.15) is 5.69 Å². The van der Waals surface area contributed by atoms with Gasteiger partial charge in [-0.1, -0.05) is 49.7 Å². The monoisotopic (exact) mass is 378 g/mol. The van der Waals surface area contributed by atoms with Crippen molar-refractivity contribution < 1.29 is 9.59 Å². The minimum absolute atomic E-state index is 0.214. The highest BCUT2D eigenvalue weighted by atomic mass is 35.5. The fourth-order valence-corrected chi connectivity index (χ4v) is 4.04. The van der Waals surface area contributed by atoms with E-state index in [-0.39, 0.29) is 17.5 Å². The van der Waals surface area contributed by atoms with Gasteiger partial charge in [0.05, 0.1) is 16.8 Å². The molecule has 0 unspecified atom stereocenters. The molecule has 2 amide bonds. The fourth-order valence-electron chi connectivity index (χ4n) is 3.75. The molecular formula is C22H19ClN2O2. The number of carbonyl (C=O) groups is 2. The lowest BCUT2D eigenvalue weighted by Gasteiger charge is -2.22. The van der Waals surface area contributed by atoms with Crippen LogP contribution in [0.1, 0.15) is 51.4 Å². The summed E-state index contributed by atoms with van der Waals surface area (Å²) < 4.78 is 0. The molecule has 0 bridgehead atoms. The van der Waals surface area contributed by atoms with Crippen LogP contribution in [-0.2, 0) is 12.8 Å². The number of amides is 2. The van der Waals surface area contributed by atoms with Crippen molar-refractivity contribution in [2.45, 2.75) is 33.6 Å². The molecule has 136 valence electrons. The number of hydrogen-bond acceptors (Lipinski definition) is 3. The average molecular weight is 379 g/mol. The van der Waals surface area contributed by atoms with Crippen LogP contribution in [0.2, 0.25) is 5.02 Å². The van der Waals surface area contributed by atoms with Crippen molar-refractivity contribution >= 4 is 40.0 Å². The Bertz CT molecular complexity index is 1120. The number of pyridine rings is 1. The summed E-state index contributed by atoms with van der Waals surface area (Å²) in [5.74, 6) is -0.718. The quantitative estimate of drug-likeness (QED) is 0.594. The molecule has 0 saturated carbocycles. The lowest BCUT2D eigenvalue weighted by Crippen LogP contribution is -2.31. The first-order chi connectivity index (χ1) is 13.0. The molecule has 2 heterocycles. The second-order valence-electron chi connectivity index (χ2n) is 6.72. The number of hydrogen-bond donors (Lipinski definition) is 0. The maximum absolute atomic E-state index is 13.2. The second kappa shape index (κ2) is 6.46. The van der Waals surface area contributed by atoms with Gasteiger partial charge in [-0.15, -0.1) is 0 Å². The van der Waals surface area contributed by atoms with E-state index in [1.165, 1.54) is 4.90 Å². The van der Waals surface area contributed by atoms with Gasteiger partial charge >= 0.3 is 0 Å². The Morgan fingerprint density at radius 2 is 1.81 bits per heavy atom. The number of rotatable bonds is 3. The van der Waals surface area contributed by atoms with E-state index < -0.39 is 0 Å². The van der Waals surface area contributed by atoms with E-state index in [1.54, 1.807) is 6.07 Å². The number of halogens is 1. The number of imide groups is 1. The second-order valence-corrected chi connectivity index (χ2v) is 7.12. The van der Waals surface area contributed by atoms with Gasteiger partial charge in [-0.05, 0) is 48.6 Å². The summed E-state index contributed by atoms with van der Waals surface area (Å²) in [6.45, 7) is 5.92. The van der Waals surface area contributed by atoms with Gasteiger partial charge in [0.15, 0.2) is 0 Å². The van der Waals surface area contributed by atoms with E-state index in [0.29, 0.717) is 29.1 Å². The molecule has 0 N–H and O–H groups in total. The Balaban J connectivity index is 1.96. The van der Waals surface area contributed by atoms with Gasteiger partial charge in [0.25, 0.3) is 11.8 Å². The predicted molar refractivity (Wildman–Crippen MR) is 108 cm³/mol. The number of benzene rings is 2. The number of fused-ring (bicyclic) bond motifs is 2. The van der Waals surface area contributed by atoms with Crippen molar-refractivity contribution in [1.29, 1.82) is 0 Å². The Morgan fingerprint density at radius 3 is 2.52 bits per heavy atom. The zero-order chi connectivity index (χ0) is 19.3. The van der Waals surface area contributed by atoms with Gasteiger partial charge < -0.3 is 0 Å². The van der Waals surface area contributed by atoms with Crippen molar-refractivity contribution in [3.8, 4) is 0 Å².